The standard InChI is InChI=1S/C19H21N3O2/c23-18(16-4-2-10-24-16)19-15(14-3-1-7-20-11-14)12-21-17(19)13-5-8-22(19)9-6-13/h1-4,7,10-11,13,15,17,21H,5-6,8-9,12H2. The van der Waals surface area contributed by atoms with E-state index in [0.29, 0.717) is 11.7 Å². The van der Waals surface area contributed by atoms with Crippen molar-refractivity contribution < 1.29 is 9.21 Å². The van der Waals surface area contributed by atoms with Gasteiger partial charge in [0.2, 0.25) is 5.78 Å². The third-order valence-corrected chi connectivity index (χ3v) is 6.28. The second kappa shape index (κ2) is 5.26. The summed E-state index contributed by atoms with van der Waals surface area (Å²) in [4.78, 5) is 20.4. The topological polar surface area (TPSA) is 58.4 Å². The zero-order valence-electron chi connectivity index (χ0n) is 13.5. The van der Waals surface area contributed by atoms with Crippen molar-refractivity contribution in [3.05, 3.63) is 54.2 Å². The normalized spacial score (nSPS) is 37.3. The molecule has 6 rings (SSSR count). The fourth-order valence-corrected chi connectivity index (χ4v) is 5.32. The molecule has 0 aromatic carbocycles. The molecule has 2 aromatic heterocycles. The Labute approximate surface area is 141 Å². The minimum absolute atomic E-state index is 0.108. The van der Waals surface area contributed by atoms with E-state index in [1.807, 2.05) is 12.3 Å². The summed E-state index contributed by atoms with van der Waals surface area (Å²) in [6.45, 7) is 2.80. The average Bonchev–Trinajstić information content (AvgIpc) is 3.32. The molecular formula is C19H21N3O2. The molecule has 6 heterocycles. The van der Waals surface area contributed by atoms with E-state index in [0.717, 1.165) is 25.2 Å². The van der Waals surface area contributed by atoms with Gasteiger partial charge in [-0.1, -0.05) is 6.07 Å². The molecule has 0 spiro atoms. The molecule has 5 nitrogen and oxygen atoms in total. The number of pyridine rings is 1. The Kier molecular flexibility index (Phi) is 3.15. The molecule has 0 aliphatic carbocycles. The van der Waals surface area contributed by atoms with Gasteiger partial charge >= 0.3 is 0 Å². The molecule has 3 atom stereocenters. The van der Waals surface area contributed by atoms with Crippen LogP contribution in [0.25, 0.3) is 0 Å². The lowest BCUT2D eigenvalue weighted by Crippen LogP contribution is -2.72. The first-order chi connectivity index (χ1) is 11.8. The van der Waals surface area contributed by atoms with E-state index >= 15 is 0 Å². The van der Waals surface area contributed by atoms with Crippen molar-refractivity contribution >= 4 is 5.78 Å². The van der Waals surface area contributed by atoms with Gasteiger partial charge in [0, 0.05) is 30.9 Å². The summed E-state index contributed by atoms with van der Waals surface area (Å²) < 4.78 is 5.52. The zero-order chi connectivity index (χ0) is 16.1. The van der Waals surface area contributed by atoms with Gasteiger partial charge < -0.3 is 9.73 Å². The van der Waals surface area contributed by atoms with Crippen molar-refractivity contribution in [3.63, 3.8) is 0 Å². The van der Waals surface area contributed by atoms with Gasteiger partial charge in [-0.2, -0.15) is 0 Å². The number of hydrogen-bond acceptors (Lipinski definition) is 5. The number of furan rings is 1. The summed E-state index contributed by atoms with van der Waals surface area (Å²) in [6.07, 6.45) is 7.64. The molecule has 0 saturated carbocycles. The van der Waals surface area contributed by atoms with Crippen molar-refractivity contribution in [1.82, 2.24) is 15.2 Å². The van der Waals surface area contributed by atoms with Gasteiger partial charge in [0.25, 0.3) is 0 Å². The quantitative estimate of drug-likeness (QED) is 0.877. The lowest BCUT2D eigenvalue weighted by Gasteiger charge is -2.57. The molecule has 4 aliphatic heterocycles. The molecule has 4 fully saturated rings. The molecule has 5 heteroatoms. The Hall–Kier alpha value is -1.98. The Bertz CT molecular complexity index is 737. The summed E-state index contributed by atoms with van der Waals surface area (Å²) >= 11 is 0. The number of rotatable bonds is 3. The van der Waals surface area contributed by atoms with Gasteiger partial charge in [-0.05, 0) is 55.6 Å². The molecule has 3 unspecified atom stereocenters. The van der Waals surface area contributed by atoms with E-state index in [-0.39, 0.29) is 17.7 Å². The molecule has 124 valence electrons. The minimum Gasteiger partial charge on any atom is -0.461 e. The van der Waals surface area contributed by atoms with Crippen LogP contribution in [0.15, 0.2) is 47.3 Å². The molecule has 4 aliphatic rings. The number of nitrogens with one attached hydrogen (secondary N) is 1. The van der Waals surface area contributed by atoms with Gasteiger partial charge in [-0.25, -0.2) is 0 Å². The van der Waals surface area contributed by atoms with Crippen LogP contribution in [0.1, 0.15) is 34.9 Å². The predicted molar refractivity (Wildman–Crippen MR) is 88.8 cm³/mol. The van der Waals surface area contributed by atoms with E-state index in [1.54, 1.807) is 24.6 Å². The van der Waals surface area contributed by atoms with E-state index < -0.39 is 5.54 Å². The number of ketones is 1. The van der Waals surface area contributed by atoms with Crippen LogP contribution >= 0.6 is 0 Å². The SMILES string of the molecule is O=C(c1ccco1)C12C(c3cccnc3)CNC1C1CCN2CC1. The maximum Gasteiger partial charge on any atom is 0.220 e. The number of carbonyl (C=O) groups excluding carboxylic acids is 1. The maximum atomic E-state index is 13.6. The highest BCUT2D eigenvalue weighted by atomic mass is 16.3. The molecule has 2 bridgehead atoms. The van der Waals surface area contributed by atoms with Crippen LogP contribution in [0.4, 0.5) is 0 Å². The summed E-state index contributed by atoms with van der Waals surface area (Å²) in [5.74, 6) is 1.28. The molecule has 2 aromatic rings. The minimum atomic E-state index is -0.540. The van der Waals surface area contributed by atoms with Crippen LogP contribution in [0.3, 0.4) is 0 Å². The highest BCUT2D eigenvalue weighted by molar-refractivity contribution is 6.03. The van der Waals surface area contributed by atoms with Gasteiger partial charge in [-0.3, -0.25) is 14.7 Å². The fourth-order valence-electron chi connectivity index (χ4n) is 5.32. The summed E-state index contributed by atoms with van der Waals surface area (Å²) in [5.41, 5.74) is 0.599. The third-order valence-electron chi connectivity index (χ3n) is 6.28. The number of carbonyl (C=O) groups is 1. The highest BCUT2D eigenvalue weighted by Gasteiger charge is 2.65. The summed E-state index contributed by atoms with van der Waals surface area (Å²) in [5, 5.41) is 3.69. The Balaban J connectivity index is 1.68. The summed E-state index contributed by atoms with van der Waals surface area (Å²) in [7, 11) is 0. The molecule has 0 amide bonds. The van der Waals surface area contributed by atoms with Gasteiger partial charge in [0.05, 0.1) is 6.26 Å². The number of Topliss-reactive ketones (excluding diaryl/α,β-unsaturated/α-hetero) is 1. The largest absolute Gasteiger partial charge is 0.461 e. The molecule has 1 N–H and O–H groups in total. The third kappa shape index (κ3) is 1.77. The van der Waals surface area contributed by atoms with Crippen LogP contribution in [-0.2, 0) is 0 Å². The number of fused-ring (bicyclic) bond motifs is 2. The van der Waals surface area contributed by atoms with Gasteiger partial charge in [0.15, 0.2) is 5.76 Å². The smallest absolute Gasteiger partial charge is 0.220 e. The van der Waals surface area contributed by atoms with Crippen LogP contribution < -0.4 is 5.32 Å². The molecule has 24 heavy (non-hydrogen) atoms. The lowest BCUT2D eigenvalue weighted by atomic mass is 9.63. The van der Waals surface area contributed by atoms with Crippen molar-refractivity contribution in [2.24, 2.45) is 5.92 Å². The van der Waals surface area contributed by atoms with Crippen molar-refractivity contribution in [2.75, 3.05) is 19.6 Å². The first-order valence-corrected chi connectivity index (χ1v) is 8.78. The van der Waals surface area contributed by atoms with Crippen LogP contribution in [0.2, 0.25) is 0 Å². The van der Waals surface area contributed by atoms with Crippen LogP contribution in [-0.4, -0.2) is 46.9 Å². The van der Waals surface area contributed by atoms with E-state index in [4.69, 9.17) is 4.42 Å². The highest BCUT2D eigenvalue weighted by Crippen LogP contribution is 2.51. The monoisotopic (exact) mass is 323 g/mol. The lowest BCUT2D eigenvalue weighted by molar-refractivity contribution is -0.0326. The maximum absolute atomic E-state index is 13.6. The fraction of sp³-hybridized carbons (Fsp3) is 0.474. The second-order valence-electron chi connectivity index (χ2n) is 7.18. The molecule has 4 saturated heterocycles. The Morgan fingerprint density at radius 1 is 1.29 bits per heavy atom. The van der Waals surface area contributed by atoms with Crippen LogP contribution in [0, 0.1) is 5.92 Å². The van der Waals surface area contributed by atoms with E-state index in [9.17, 15) is 4.79 Å². The van der Waals surface area contributed by atoms with E-state index in [1.165, 1.54) is 12.8 Å². The number of hydrogen-bond donors (Lipinski definition) is 1. The van der Waals surface area contributed by atoms with E-state index in [2.05, 4.69) is 21.3 Å². The first kappa shape index (κ1) is 14.4. The first-order valence-electron chi connectivity index (χ1n) is 8.78. The van der Waals surface area contributed by atoms with Crippen molar-refractivity contribution in [3.8, 4) is 0 Å². The second-order valence-corrected chi connectivity index (χ2v) is 7.18. The number of nitrogens with zero attached hydrogens (tertiary/aromatic N) is 2. The van der Waals surface area contributed by atoms with Crippen molar-refractivity contribution in [1.29, 1.82) is 0 Å². The van der Waals surface area contributed by atoms with Crippen molar-refractivity contribution in [2.45, 2.75) is 30.3 Å². The van der Waals surface area contributed by atoms with Gasteiger partial charge in [-0.15, -0.1) is 0 Å². The zero-order valence-corrected chi connectivity index (χ0v) is 13.5. The molecular weight excluding hydrogens is 302 g/mol. The number of aromatic nitrogens is 1. The molecule has 0 radical (unpaired) electrons. The Morgan fingerprint density at radius 2 is 2.17 bits per heavy atom. The van der Waals surface area contributed by atoms with Crippen LogP contribution in [0.5, 0.6) is 0 Å². The predicted octanol–water partition coefficient (Wildman–Crippen LogP) is 2.08. The summed E-state index contributed by atoms with van der Waals surface area (Å²) in [6, 6.07) is 7.86. The van der Waals surface area contributed by atoms with Gasteiger partial charge in [0.1, 0.15) is 5.54 Å². The average molecular weight is 323 g/mol. The Morgan fingerprint density at radius 3 is 2.88 bits per heavy atom. The number of piperidine rings is 3.